The molecule has 1 aliphatic carbocycles. The number of carbonyl (C=O) groups is 1. The Hall–Kier alpha value is -3.02. The third kappa shape index (κ3) is 3.54. The van der Waals surface area contributed by atoms with Crippen molar-refractivity contribution in [2.24, 2.45) is 0 Å². The van der Waals surface area contributed by atoms with Gasteiger partial charge in [0.2, 0.25) is 5.89 Å². The number of benzene rings is 2. The number of ether oxygens (including phenoxy) is 1. The van der Waals surface area contributed by atoms with E-state index in [9.17, 15) is 9.18 Å². The number of nitrogens with zero attached hydrogens (tertiary/aromatic N) is 2. The van der Waals surface area contributed by atoms with Gasteiger partial charge in [0.05, 0.1) is 5.41 Å². The normalized spacial score (nSPS) is 15.5. The van der Waals surface area contributed by atoms with Crippen LogP contribution in [-0.2, 0) is 21.6 Å². The van der Waals surface area contributed by atoms with E-state index in [0.29, 0.717) is 18.7 Å². The van der Waals surface area contributed by atoms with Crippen LogP contribution in [0.15, 0.2) is 52.9 Å². The van der Waals surface area contributed by atoms with Gasteiger partial charge in [0, 0.05) is 5.56 Å². The number of hydrogen-bond acceptors (Lipinski definition) is 5. The highest BCUT2D eigenvalue weighted by Gasteiger charge is 2.44. The summed E-state index contributed by atoms with van der Waals surface area (Å²) < 4.78 is 24.5. The summed E-state index contributed by atoms with van der Waals surface area (Å²) in [6, 6.07) is 13.8. The molecule has 0 N–H and O–H groups in total. The summed E-state index contributed by atoms with van der Waals surface area (Å²) >= 11 is 0. The first-order valence-electron chi connectivity index (χ1n) is 9.39. The molecule has 1 heterocycles. The fraction of sp³-hybridized carbons (Fsp3) is 0.318. The molecule has 6 heteroatoms. The number of hydrogen-bond donors (Lipinski definition) is 0. The highest BCUT2D eigenvalue weighted by molar-refractivity contribution is 5.83. The Labute approximate surface area is 162 Å². The number of carbonyl (C=O) groups excluding carboxylic acids is 1. The summed E-state index contributed by atoms with van der Waals surface area (Å²) in [7, 11) is 0. The SMILES string of the molecule is Cc1cccc(-c2nnc(COC(=O)C3(c4ccc(F)cc4)CCCC3)o2)c1. The second kappa shape index (κ2) is 7.54. The van der Waals surface area contributed by atoms with E-state index >= 15 is 0 Å². The van der Waals surface area contributed by atoms with Gasteiger partial charge in [-0.05, 0) is 49.6 Å². The van der Waals surface area contributed by atoms with Gasteiger partial charge >= 0.3 is 5.97 Å². The van der Waals surface area contributed by atoms with E-state index < -0.39 is 5.41 Å². The summed E-state index contributed by atoms with van der Waals surface area (Å²) in [5.41, 5.74) is 1.98. The Bertz CT molecular complexity index is 975. The average molecular weight is 380 g/mol. The van der Waals surface area contributed by atoms with Crippen LogP contribution in [0.3, 0.4) is 0 Å². The van der Waals surface area contributed by atoms with Gasteiger partial charge in [-0.15, -0.1) is 10.2 Å². The first-order chi connectivity index (χ1) is 13.6. The molecule has 0 atom stereocenters. The molecule has 0 amide bonds. The molecule has 0 unspecified atom stereocenters. The molecule has 2 aromatic carbocycles. The smallest absolute Gasteiger partial charge is 0.317 e. The Morgan fingerprint density at radius 3 is 2.61 bits per heavy atom. The molecule has 144 valence electrons. The first-order valence-corrected chi connectivity index (χ1v) is 9.39. The van der Waals surface area contributed by atoms with Crippen molar-refractivity contribution in [2.45, 2.75) is 44.6 Å². The fourth-order valence-corrected chi connectivity index (χ4v) is 3.83. The molecule has 1 saturated carbocycles. The van der Waals surface area contributed by atoms with E-state index in [4.69, 9.17) is 9.15 Å². The van der Waals surface area contributed by atoms with Crippen molar-refractivity contribution in [3.8, 4) is 11.5 Å². The van der Waals surface area contributed by atoms with Gasteiger partial charge in [0.15, 0.2) is 6.61 Å². The van der Waals surface area contributed by atoms with Crippen molar-refractivity contribution in [1.82, 2.24) is 10.2 Å². The van der Waals surface area contributed by atoms with Crippen LogP contribution in [0.2, 0.25) is 0 Å². The number of rotatable bonds is 5. The zero-order valence-electron chi connectivity index (χ0n) is 15.7. The van der Waals surface area contributed by atoms with E-state index in [0.717, 1.165) is 29.5 Å². The molecule has 28 heavy (non-hydrogen) atoms. The second-order valence-electron chi connectivity index (χ2n) is 7.24. The van der Waals surface area contributed by atoms with Crippen LogP contribution in [0, 0.1) is 12.7 Å². The van der Waals surface area contributed by atoms with Crippen LogP contribution in [0.4, 0.5) is 4.39 Å². The zero-order valence-corrected chi connectivity index (χ0v) is 15.7. The molecule has 0 radical (unpaired) electrons. The van der Waals surface area contributed by atoms with Crippen molar-refractivity contribution in [1.29, 1.82) is 0 Å². The molecule has 1 fully saturated rings. The minimum atomic E-state index is -0.729. The minimum Gasteiger partial charge on any atom is -0.455 e. The largest absolute Gasteiger partial charge is 0.455 e. The maximum atomic E-state index is 13.3. The fourth-order valence-electron chi connectivity index (χ4n) is 3.83. The lowest BCUT2D eigenvalue weighted by Gasteiger charge is -2.26. The zero-order chi connectivity index (χ0) is 19.6. The van der Waals surface area contributed by atoms with Crippen LogP contribution in [0.25, 0.3) is 11.5 Å². The van der Waals surface area contributed by atoms with Gasteiger partial charge in [-0.2, -0.15) is 0 Å². The van der Waals surface area contributed by atoms with Crippen molar-refractivity contribution < 1.29 is 18.3 Å². The molecule has 1 aliphatic rings. The summed E-state index contributed by atoms with van der Waals surface area (Å²) in [6.45, 7) is 1.90. The second-order valence-corrected chi connectivity index (χ2v) is 7.24. The number of esters is 1. The molecule has 1 aromatic heterocycles. The summed E-state index contributed by atoms with van der Waals surface area (Å²) in [5, 5.41) is 8.02. The van der Waals surface area contributed by atoms with Crippen LogP contribution in [-0.4, -0.2) is 16.2 Å². The van der Waals surface area contributed by atoms with Crippen LogP contribution >= 0.6 is 0 Å². The molecular weight excluding hydrogens is 359 g/mol. The van der Waals surface area contributed by atoms with Gasteiger partial charge < -0.3 is 9.15 Å². The summed E-state index contributed by atoms with van der Waals surface area (Å²) in [4.78, 5) is 12.9. The van der Waals surface area contributed by atoms with E-state index in [1.807, 2.05) is 31.2 Å². The highest BCUT2D eigenvalue weighted by Crippen LogP contribution is 2.42. The maximum absolute atomic E-state index is 13.3. The Morgan fingerprint density at radius 1 is 1.14 bits per heavy atom. The Kier molecular flexibility index (Phi) is 4.94. The third-order valence-corrected chi connectivity index (χ3v) is 5.30. The van der Waals surface area contributed by atoms with Crippen LogP contribution in [0.5, 0.6) is 0 Å². The van der Waals surface area contributed by atoms with Gasteiger partial charge in [-0.1, -0.05) is 42.7 Å². The average Bonchev–Trinajstić information content (AvgIpc) is 3.37. The monoisotopic (exact) mass is 380 g/mol. The predicted octanol–water partition coefficient (Wildman–Crippen LogP) is 4.74. The molecule has 4 rings (SSSR count). The number of aryl methyl sites for hydroxylation is 1. The third-order valence-electron chi connectivity index (χ3n) is 5.30. The molecule has 0 spiro atoms. The van der Waals surface area contributed by atoms with Crippen LogP contribution in [0.1, 0.15) is 42.7 Å². The minimum absolute atomic E-state index is 0.0827. The van der Waals surface area contributed by atoms with E-state index in [1.54, 1.807) is 12.1 Å². The van der Waals surface area contributed by atoms with Crippen molar-refractivity contribution in [2.75, 3.05) is 0 Å². The topological polar surface area (TPSA) is 65.2 Å². The van der Waals surface area contributed by atoms with Crippen molar-refractivity contribution in [3.05, 3.63) is 71.4 Å². The molecule has 0 saturated heterocycles. The maximum Gasteiger partial charge on any atom is 0.317 e. The quantitative estimate of drug-likeness (QED) is 0.598. The molecular formula is C22H21FN2O3. The van der Waals surface area contributed by atoms with Gasteiger partial charge in [0.25, 0.3) is 5.89 Å². The first kappa shape index (κ1) is 18.3. The van der Waals surface area contributed by atoms with Gasteiger partial charge in [0.1, 0.15) is 5.82 Å². The van der Waals surface area contributed by atoms with Crippen molar-refractivity contribution in [3.63, 3.8) is 0 Å². The Morgan fingerprint density at radius 2 is 1.89 bits per heavy atom. The molecule has 0 bridgehead atoms. The van der Waals surface area contributed by atoms with E-state index in [2.05, 4.69) is 10.2 Å². The standard InChI is InChI=1S/C22H21FN2O3/c1-15-5-4-6-16(13-15)20-25-24-19(28-20)14-27-21(26)22(11-2-3-12-22)17-7-9-18(23)10-8-17/h4-10,13H,2-3,11-12,14H2,1H3. The van der Waals surface area contributed by atoms with Crippen LogP contribution < -0.4 is 0 Å². The van der Waals surface area contributed by atoms with E-state index in [1.165, 1.54) is 12.1 Å². The lowest BCUT2D eigenvalue weighted by molar-refractivity contribution is -0.152. The lowest BCUT2D eigenvalue weighted by atomic mass is 9.79. The van der Waals surface area contributed by atoms with Gasteiger partial charge in [-0.25, -0.2) is 4.39 Å². The molecule has 5 nitrogen and oxygen atoms in total. The lowest BCUT2D eigenvalue weighted by Crippen LogP contribution is -2.34. The summed E-state index contributed by atoms with van der Waals surface area (Å²) in [6.07, 6.45) is 3.25. The van der Waals surface area contributed by atoms with Gasteiger partial charge in [-0.3, -0.25) is 4.79 Å². The van der Waals surface area contributed by atoms with E-state index in [-0.39, 0.29) is 24.3 Å². The molecule has 3 aromatic rings. The van der Waals surface area contributed by atoms with Crippen molar-refractivity contribution >= 4 is 5.97 Å². The number of aromatic nitrogens is 2. The summed E-state index contributed by atoms with van der Waals surface area (Å²) in [5.74, 6) is -0.00677. The number of halogens is 1. The Balaban J connectivity index is 1.48. The highest BCUT2D eigenvalue weighted by atomic mass is 19.1. The predicted molar refractivity (Wildman–Crippen MR) is 101 cm³/mol. The molecule has 0 aliphatic heterocycles.